The Labute approximate surface area is 175 Å². The summed E-state index contributed by atoms with van der Waals surface area (Å²) < 4.78 is 13.3. The van der Waals surface area contributed by atoms with Crippen molar-refractivity contribution in [3.8, 4) is 5.75 Å². The van der Waals surface area contributed by atoms with Gasteiger partial charge in [0.15, 0.2) is 5.43 Å². The Kier molecular flexibility index (Phi) is 5.36. The van der Waals surface area contributed by atoms with Crippen molar-refractivity contribution in [3.05, 3.63) is 87.0 Å². The molecule has 0 bridgehead atoms. The van der Waals surface area contributed by atoms with Gasteiger partial charge in [0.25, 0.3) is 0 Å². The summed E-state index contributed by atoms with van der Waals surface area (Å²) in [5, 5.41) is 1.16. The van der Waals surface area contributed by atoms with Crippen LogP contribution in [0.15, 0.2) is 76.0 Å². The molecule has 0 fully saturated rings. The lowest BCUT2D eigenvalue weighted by molar-refractivity contribution is -0.145. The van der Waals surface area contributed by atoms with Gasteiger partial charge in [-0.15, -0.1) is 0 Å². The van der Waals surface area contributed by atoms with Crippen LogP contribution in [0.4, 0.5) is 0 Å². The SMILES string of the molecule is COc1ccc(COC(=O)Cn2c3ccccc3c(=O)c3ccccc32)cc1Br. The van der Waals surface area contributed by atoms with E-state index in [2.05, 4.69) is 15.9 Å². The topological polar surface area (TPSA) is 57.5 Å². The second-order valence-corrected chi connectivity index (χ2v) is 7.43. The lowest BCUT2D eigenvalue weighted by Gasteiger charge is -2.15. The molecule has 1 aromatic heterocycles. The first-order valence-corrected chi connectivity index (χ1v) is 9.86. The van der Waals surface area contributed by atoms with Crippen LogP contribution in [0.1, 0.15) is 5.56 Å². The highest BCUT2D eigenvalue weighted by Gasteiger charge is 2.14. The molecule has 0 aliphatic rings. The van der Waals surface area contributed by atoms with E-state index in [0.717, 1.165) is 10.0 Å². The van der Waals surface area contributed by atoms with E-state index in [1.165, 1.54) is 0 Å². The molecule has 6 heteroatoms. The fourth-order valence-electron chi connectivity index (χ4n) is 3.39. The second-order valence-electron chi connectivity index (χ2n) is 6.58. The molecule has 0 amide bonds. The molecule has 0 saturated carbocycles. The maximum atomic E-state index is 12.8. The second kappa shape index (κ2) is 8.09. The maximum Gasteiger partial charge on any atom is 0.326 e. The number of hydrogen-bond acceptors (Lipinski definition) is 4. The monoisotopic (exact) mass is 451 g/mol. The summed E-state index contributed by atoms with van der Waals surface area (Å²) in [6.45, 7) is 0.163. The molecule has 0 aliphatic carbocycles. The Hall–Kier alpha value is -3.12. The lowest BCUT2D eigenvalue weighted by atomic mass is 10.1. The van der Waals surface area contributed by atoms with Crippen molar-refractivity contribution in [2.45, 2.75) is 13.2 Å². The molecule has 0 saturated heterocycles. The van der Waals surface area contributed by atoms with Crippen molar-refractivity contribution in [2.75, 3.05) is 7.11 Å². The van der Waals surface area contributed by atoms with E-state index < -0.39 is 0 Å². The Morgan fingerprint density at radius 3 is 2.17 bits per heavy atom. The number of aromatic nitrogens is 1. The molecule has 1 heterocycles. The van der Waals surface area contributed by atoms with Crippen molar-refractivity contribution in [1.82, 2.24) is 4.57 Å². The maximum absolute atomic E-state index is 12.8. The number of benzene rings is 3. The minimum Gasteiger partial charge on any atom is -0.496 e. The fraction of sp³-hybridized carbons (Fsp3) is 0.130. The first kappa shape index (κ1) is 19.2. The lowest BCUT2D eigenvalue weighted by Crippen LogP contribution is -2.18. The average molecular weight is 452 g/mol. The molecule has 0 spiro atoms. The number of pyridine rings is 1. The molecule has 146 valence electrons. The van der Waals surface area contributed by atoms with Crippen LogP contribution < -0.4 is 10.2 Å². The van der Waals surface area contributed by atoms with Crippen LogP contribution in [-0.4, -0.2) is 17.6 Å². The Bertz CT molecular complexity index is 1220. The third kappa shape index (κ3) is 3.76. The van der Waals surface area contributed by atoms with E-state index in [-0.39, 0.29) is 24.5 Å². The number of hydrogen-bond donors (Lipinski definition) is 0. The minimum absolute atomic E-state index is 0.0125. The number of carbonyl (C=O) groups excluding carboxylic acids is 1. The van der Waals surface area contributed by atoms with Crippen LogP contribution in [-0.2, 0) is 22.7 Å². The molecular weight excluding hydrogens is 434 g/mol. The van der Waals surface area contributed by atoms with Gasteiger partial charge in [-0.25, -0.2) is 0 Å². The largest absolute Gasteiger partial charge is 0.496 e. The molecule has 0 atom stereocenters. The van der Waals surface area contributed by atoms with E-state index in [1.807, 2.05) is 59.2 Å². The number of rotatable bonds is 5. The number of carbonyl (C=O) groups is 1. The predicted octanol–water partition coefficient (Wildman–Crippen LogP) is 4.67. The van der Waals surface area contributed by atoms with Gasteiger partial charge in [-0.2, -0.15) is 0 Å². The van der Waals surface area contributed by atoms with Gasteiger partial charge < -0.3 is 14.0 Å². The zero-order valence-corrected chi connectivity index (χ0v) is 17.3. The van der Waals surface area contributed by atoms with Crippen LogP contribution in [0, 0.1) is 0 Å². The Morgan fingerprint density at radius 2 is 1.59 bits per heavy atom. The highest BCUT2D eigenvalue weighted by atomic mass is 79.9. The van der Waals surface area contributed by atoms with Gasteiger partial charge in [-0.1, -0.05) is 30.3 Å². The van der Waals surface area contributed by atoms with Crippen molar-refractivity contribution in [1.29, 1.82) is 0 Å². The van der Waals surface area contributed by atoms with Gasteiger partial charge in [0.2, 0.25) is 0 Å². The zero-order valence-electron chi connectivity index (χ0n) is 15.7. The highest BCUT2D eigenvalue weighted by molar-refractivity contribution is 9.10. The number of methoxy groups -OCH3 is 1. The van der Waals surface area contributed by atoms with Crippen LogP contribution in [0.3, 0.4) is 0 Å². The van der Waals surface area contributed by atoms with Crippen LogP contribution in [0.25, 0.3) is 21.8 Å². The molecule has 0 N–H and O–H groups in total. The molecular formula is C23H18BrNO4. The molecule has 5 nitrogen and oxygen atoms in total. The van der Waals surface area contributed by atoms with Crippen LogP contribution in [0.5, 0.6) is 5.75 Å². The van der Waals surface area contributed by atoms with Crippen LogP contribution in [0.2, 0.25) is 0 Å². The van der Waals surface area contributed by atoms with Crippen molar-refractivity contribution in [3.63, 3.8) is 0 Å². The standard InChI is InChI=1S/C23H18BrNO4/c1-28-21-11-10-15(12-18(21)24)14-29-22(26)13-25-19-8-4-2-6-16(19)23(27)17-7-3-5-9-20(17)25/h2-12H,13-14H2,1H3. The van der Waals surface area contributed by atoms with Gasteiger partial charge in [-0.3, -0.25) is 9.59 Å². The smallest absolute Gasteiger partial charge is 0.326 e. The summed E-state index contributed by atoms with van der Waals surface area (Å²) in [7, 11) is 1.60. The quantitative estimate of drug-likeness (QED) is 0.326. The summed E-state index contributed by atoms with van der Waals surface area (Å²) in [6, 6.07) is 20.1. The van der Waals surface area contributed by atoms with E-state index in [4.69, 9.17) is 9.47 Å². The number of nitrogens with zero attached hydrogens (tertiary/aromatic N) is 1. The summed E-state index contributed by atoms with van der Waals surface area (Å²) in [5.74, 6) is 0.335. The first-order chi connectivity index (χ1) is 14.1. The van der Waals surface area contributed by atoms with E-state index >= 15 is 0 Å². The van der Waals surface area contributed by atoms with E-state index in [1.54, 1.807) is 19.2 Å². The van der Waals surface area contributed by atoms with Gasteiger partial charge >= 0.3 is 5.97 Å². The average Bonchev–Trinajstić information content (AvgIpc) is 2.75. The van der Waals surface area contributed by atoms with E-state index in [9.17, 15) is 9.59 Å². The highest BCUT2D eigenvalue weighted by Crippen LogP contribution is 2.26. The summed E-state index contributed by atoms with van der Waals surface area (Å²) in [4.78, 5) is 25.4. The molecule has 29 heavy (non-hydrogen) atoms. The third-order valence-electron chi connectivity index (χ3n) is 4.78. The summed E-state index contributed by atoms with van der Waals surface area (Å²) in [6.07, 6.45) is 0. The van der Waals surface area contributed by atoms with Crippen molar-refractivity contribution in [2.24, 2.45) is 0 Å². The van der Waals surface area contributed by atoms with Gasteiger partial charge in [0.05, 0.1) is 22.6 Å². The normalized spacial score (nSPS) is 11.0. The Balaban J connectivity index is 1.63. The summed E-state index contributed by atoms with van der Waals surface area (Å²) in [5.41, 5.74) is 2.23. The minimum atomic E-state index is -0.379. The van der Waals surface area contributed by atoms with Gasteiger partial charge in [0, 0.05) is 10.8 Å². The third-order valence-corrected chi connectivity index (χ3v) is 5.40. The number of ether oxygens (including phenoxy) is 2. The van der Waals surface area contributed by atoms with E-state index in [0.29, 0.717) is 27.6 Å². The zero-order chi connectivity index (χ0) is 20.4. The van der Waals surface area contributed by atoms with Crippen molar-refractivity contribution < 1.29 is 14.3 Å². The number of esters is 1. The molecule has 0 aliphatic heterocycles. The molecule has 4 rings (SSSR count). The Morgan fingerprint density at radius 1 is 0.966 bits per heavy atom. The molecule has 3 aromatic carbocycles. The number of halogens is 1. The van der Waals surface area contributed by atoms with Gasteiger partial charge in [0.1, 0.15) is 18.9 Å². The molecule has 4 aromatic rings. The van der Waals surface area contributed by atoms with Crippen molar-refractivity contribution >= 4 is 43.7 Å². The van der Waals surface area contributed by atoms with Crippen LogP contribution >= 0.6 is 15.9 Å². The molecule has 0 radical (unpaired) electrons. The van der Waals surface area contributed by atoms with Gasteiger partial charge in [-0.05, 0) is 57.9 Å². The molecule has 0 unspecified atom stereocenters. The summed E-state index contributed by atoms with van der Waals surface area (Å²) >= 11 is 3.43. The predicted molar refractivity (Wildman–Crippen MR) is 116 cm³/mol. The fourth-order valence-corrected chi connectivity index (χ4v) is 3.97. The number of fused-ring (bicyclic) bond motifs is 2. The number of para-hydroxylation sites is 2. The first-order valence-electron chi connectivity index (χ1n) is 9.07.